The molecule has 0 atom stereocenters. The standard InChI is InChI=1S/C22H20F2N2O5S/c1-30-15-11-12-20(31-2)19(13-15)26(32(28,29)16-7-4-3-5-8-16)14-21(27)25-22-17(23)9-6-10-18(22)24/h3-13H,14H2,1-2H3,(H,25,27). The average Bonchev–Trinajstić information content (AvgIpc) is 2.80. The summed E-state index contributed by atoms with van der Waals surface area (Å²) < 4.78 is 66.0. The lowest BCUT2D eigenvalue weighted by atomic mass is 10.2. The molecule has 1 amide bonds. The lowest BCUT2D eigenvalue weighted by molar-refractivity contribution is -0.114. The van der Waals surface area contributed by atoms with E-state index in [0.717, 1.165) is 22.5 Å². The molecule has 0 fully saturated rings. The highest BCUT2D eigenvalue weighted by Crippen LogP contribution is 2.35. The van der Waals surface area contributed by atoms with Crippen molar-refractivity contribution < 1.29 is 31.5 Å². The molecule has 0 saturated heterocycles. The van der Waals surface area contributed by atoms with E-state index in [1.165, 1.54) is 50.6 Å². The number of benzene rings is 3. The zero-order chi connectivity index (χ0) is 23.3. The molecule has 0 saturated carbocycles. The molecule has 3 rings (SSSR count). The van der Waals surface area contributed by atoms with E-state index in [1.807, 2.05) is 0 Å². The third kappa shape index (κ3) is 4.80. The topological polar surface area (TPSA) is 84.9 Å². The van der Waals surface area contributed by atoms with E-state index >= 15 is 0 Å². The van der Waals surface area contributed by atoms with E-state index in [4.69, 9.17) is 9.47 Å². The molecule has 0 aliphatic carbocycles. The summed E-state index contributed by atoms with van der Waals surface area (Å²) in [5, 5.41) is 2.10. The minimum Gasteiger partial charge on any atom is -0.497 e. The van der Waals surface area contributed by atoms with Crippen LogP contribution in [0.3, 0.4) is 0 Å². The number of methoxy groups -OCH3 is 2. The van der Waals surface area contributed by atoms with Gasteiger partial charge in [0.1, 0.15) is 35.4 Å². The molecule has 3 aromatic rings. The Morgan fingerprint density at radius 3 is 2.19 bits per heavy atom. The number of sulfonamides is 1. The van der Waals surface area contributed by atoms with Gasteiger partial charge in [-0.3, -0.25) is 9.10 Å². The molecule has 168 valence electrons. The second-order valence-electron chi connectivity index (χ2n) is 6.51. The smallest absolute Gasteiger partial charge is 0.264 e. The zero-order valence-electron chi connectivity index (χ0n) is 17.2. The number of rotatable bonds is 8. The van der Waals surface area contributed by atoms with E-state index < -0.39 is 39.8 Å². The van der Waals surface area contributed by atoms with Gasteiger partial charge in [0.05, 0.1) is 24.8 Å². The van der Waals surface area contributed by atoms with Crippen molar-refractivity contribution in [3.05, 3.63) is 78.4 Å². The zero-order valence-corrected chi connectivity index (χ0v) is 18.0. The fraction of sp³-hybridized carbons (Fsp3) is 0.136. The van der Waals surface area contributed by atoms with E-state index in [-0.39, 0.29) is 16.3 Å². The van der Waals surface area contributed by atoms with Gasteiger partial charge < -0.3 is 14.8 Å². The second-order valence-corrected chi connectivity index (χ2v) is 8.37. The van der Waals surface area contributed by atoms with E-state index in [0.29, 0.717) is 5.75 Å². The number of carbonyl (C=O) groups is 1. The third-order valence-corrected chi connectivity index (χ3v) is 6.27. The number of carbonyl (C=O) groups excluding carboxylic acids is 1. The summed E-state index contributed by atoms with van der Waals surface area (Å²) in [5.41, 5.74) is -0.660. The van der Waals surface area contributed by atoms with Crippen molar-refractivity contribution in [1.82, 2.24) is 0 Å². The second kappa shape index (κ2) is 9.65. The van der Waals surface area contributed by atoms with E-state index in [1.54, 1.807) is 12.1 Å². The van der Waals surface area contributed by atoms with Crippen LogP contribution in [-0.2, 0) is 14.8 Å². The summed E-state index contributed by atoms with van der Waals surface area (Å²) in [6, 6.07) is 15.0. The highest BCUT2D eigenvalue weighted by atomic mass is 32.2. The Morgan fingerprint density at radius 2 is 1.59 bits per heavy atom. The SMILES string of the molecule is COc1ccc(OC)c(N(CC(=O)Nc2c(F)cccc2F)S(=O)(=O)c2ccccc2)c1. The van der Waals surface area contributed by atoms with Gasteiger partial charge in [0.25, 0.3) is 10.0 Å². The summed E-state index contributed by atoms with van der Waals surface area (Å²) in [7, 11) is -1.53. The summed E-state index contributed by atoms with van der Waals surface area (Å²) >= 11 is 0. The van der Waals surface area contributed by atoms with Crippen LogP contribution in [0.25, 0.3) is 0 Å². The van der Waals surface area contributed by atoms with Crippen LogP contribution in [0.1, 0.15) is 0 Å². The molecule has 0 heterocycles. The highest BCUT2D eigenvalue weighted by molar-refractivity contribution is 7.92. The molecular formula is C22H20F2N2O5S. The molecule has 32 heavy (non-hydrogen) atoms. The Morgan fingerprint density at radius 1 is 0.938 bits per heavy atom. The normalized spacial score (nSPS) is 11.0. The molecular weight excluding hydrogens is 442 g/mol. The molecule has 0 radical (unpaired) electrons. The largest absolute Gasteiger partial charge is 0.497 e. The van der Waals surface area contributed by atoms with Crippen LogP contribution < -0.4 is 19.1 Å². The van der Waals surface area contributed by atoms with Crippen molar-refractivity contribution in [2.24, 2.45) is 0 Å². The number of nitrogens with one attached hydrogen (secondary N) is 1. The molecule has 0 aromatic heterocycles. The number of amides is 1. The van der Waals surface area contributed by atoms with Gasteiger partial charge in [-0.25, -0.2) is 17.2 Å². The fourth-order valence-electron chi connectivity index (χ4n) is 2.94. The molecule has 3 aromatic carbocycles. The number of anilines is 2. The number of hydrogen-bond acceptors (Lipinski definition) is 5. The minimum atomic E-state index is -4.27. The maximum absolute atomic E-state index is 14.0. The number of hydrogen-bond donors (Lipinski definition) is 1. The number of ether oxygens (including phenoxy) is 2. The van der Waals surface area contributed by atoms with Crippen molar-refractivity contribution >= 4 is 27.3 Å². The van der Waals surface area contributed by atoms with Crippen molar-refractivity contribution in [3.63, 3.8) is 0 Å². The Kier molecular flexibility index (Phi) is 6.94. The number of halogens is 2. The molecule has 0 bridgehead atoms. The van der Waals surface area contributed by atoms with Gasteiger partial charge in [-0.15, -0.1) is 0 Å². The van der Waals surface area contributed by atoms with Crippen LogP contribution in [-0.4, -0.2) is 35.1 Å². The van der Waals surface area contributed by atoms with Crippen molar-refractivity contribution in [2.75, 3.05) is 30.4 Å². The van der Waals surface area contributed by atoms with Gasteiger partial charge in [0, 0.05) is 6.07 Å². The monoisotopic (exact) mass is 462 g/mol. The summed E-state index contributed by atoms with van der Waals surface area (Å²) in [5.74, 6) is -2.48. The van der Waals surface area contributed by atoms with Crippen LogP contribution in [0.15, 0.2) is 71.6 Å². The Bertz CT molecular complexity index is 1200. The van der Waals surface area contributed by atoms with Gasteiger partial charge in [-0.2, -0.15) is 0 Å². The quantitative estimate of drug-likeness (QED) is 0.550. The molecule has 0 unspecified atom stereocenters. The first kappa shape index (κ1) is 23.0. The van der Waals surface area contributed by atoms with Gasteiger partial charge in [0.2, 0.25) is 5.91 Å². The Hall–Kier alpha value is -3.66. The van der Waals surface area contributed by atoms with Gasteiger partial charge >= 0.3 is 0 Å². The fourth-order valence-corrected chi connectivity index (χ4v) is 4.38. The predicted octanol–water partition coefficient (Wildman–Crippen LogP) is 3.82. The maximum Gasteiger partial charge on any atom is 0.264 e. The number of para-hydroxylation sites is 1. The van der Waals surface area contributed by atoms with Crippen LogP contribution >= 0.6 is 0 Å². The van der Waals surface area contributed by atoms with Crippen LogP contribution in [0.4, 0.5) is 20.2 Å². The van der Waals surface area contributed by atoms with E-state index in [2.05, 4.69) is 5.32 Å². The van der Waals surface area contributed by atoms with Crippen molar-refractivity contribution in [2.45, 2.75) is 4.90 Å². The first-order valence-corrected chi connectivity index (χ1v) is 10.8. The predicted molar refractivity (Wildman–Crippen MR) is 116 cm³/mol. The van der Waals surface area contributed by atoms with Gasteiger partial charge in [-0.1, -0.05) is 24.3 Å². The molecule has 0 aliphatic rings. The summed E-state index contributed by atoms with van der Waals surface area (Å²) in [6.45, 7) is -0.783. The lowest BCUT2D eigenvalue weighted by Crippen LogP contribution is -2.38. The van der Waals surface area contributed by atoms with E-state index in [9.17, 15) is 22.0 Å². The van der Waals surface area contributed by atoms with Gasteiger partial charge in [-0.05, 0) is 36.4 Å². The molecule has 7 nitrogen and oxygen atoms in total. The maximum atomic E-state index is 14.0. The third-order valence-electron chi connectivity index (χ3n) is 4.50. The van der Waals surface area contributed by atoms with Crippen molar-refractivity contribution in [3.8, 4) is 11.5 Å². The Labute approximate surface area is 184 Å². The molecule has 0 aliphatic heterocycles. The first-order valence-electron chi connectivity index (χ1n) is 9.31. The van der Waals surface area contributed by atoms with Gasteiger partial charge in [0.15, 0.2) is 0 Å². The molecule has 0 spiro atoms. The summed E-state index contributed by atoms with van der Waals surface area (Å²) in [4.78, 5) is 12.6. The highest BCUT2D eigenvalue weighted by Gasteiger charge is 2.30. The van der Waals surface area contributed by atoms with Crippen LogP contribution in [0.5, 0.6) is 11.5 Å². The minimum absolute atomic E-state index is 0.0138. The Balaban J connectivity index is 2.07. The summed E-state index contributed by atoms with van der Waals surface area (Å²) in [6.07, 6.45) is 0. The van der Waals surface area contributed by atoms with Crippen LogP contribution in [0.2, 0.25) is 0 Å². The lowest BCUT2D eigenvalue weighted by Gasteiger charge is -2.26. The molecule has 1 N–H and O–H groups in total. The van der Waals surface area contributed by atoms with Crippen LogP contribution in [0, 0.1) is 11.6 Å². The first-order chi connectivity index (χ1) is 15.3. The van der Waals surface area contributed by atoms with Crippen molar-refractivity contribution in [1.29, 1.82) is 0 Å². The molecule has 10 heteroatoms. The number of nitrogens with zero attached hydrogens (tertiary/aromatic N) is 1. The average molecular weight is 462 g/mol.